The average molecular weight is 445 g/mol. The van der Waals surface area contributed by atoms with Gasteiger partial charge in [0.1, 0.15) is 13.2 Å². The van der Waals surface area contributed by atoms with Crippen LogP contribution in [0.4, 0.5) is 0 Å². The Morgan fingerprint density at radius 3 is 2.16 bits per heavy atom. The first kappa shape index (κ1) is 24.7. The van der Waals surface area contributed by atoms with Gasteiger partial charge in [-0.3, -0.25) is 0 Å². The lowest BCUT2D eigenvalue weighted by Crippen LogP contribution is -2.13. The van der Waals surface area contributed by atoms with Gasteiger partial charge in [0.05, 0.1) is 32.0 Å². The number of carbonyl (C=O) groups excluding carboxylic acids is 2. The zero-order valence-corrected chi connectivity index (χ0v) is 18.5. The Kier molecular flexibility index (Phi) is 11.5. The molecule has 7 heteroatoms. The maximum atomic E-state index is 12.1. The van der Waals surface area contributed by atoms with Crippen LogP contribution in [0.3, 0.4) is 0 Å². The van der Waals surface area contributed by atoms with Crippen molar-refractivity contribution in [1.82, 2.24) is 0 Å². The third-order valence-corrected chi connectivity index (χ3v) is 4.96. The molecule has 0 aliphatic heterocycles. The Morgan fingerprint density at radius 2 is 1.48 bits per heavy atom. The molecule has 0 aliphatic rings. The molecule has 2 aromatic carbocycles. The van der Waals surface area contributed by atoms with Gasteiger partial charge in [0.25, 0.3) is 0 Å². The van der Waals surface area contributed by atoms with Gasteiger partial charge in [0, 0.05) is 16.2 Å². The predicted molar refractivity (Wildman–Crippen MR) is 120 cm³/mol. The summed E-state index contributed by atoms with van der Waals surface area (Å²) in [7, 11) is 0. The fourth-order valence-corrected chi connectivity index (χ4v) is 3.12. The summed E-state index contributed by atoms with van der Waals surface area (Å²) in [6.07, 6.45) is 0. The lowest BCUT2D eigenvalue weighted by Gasteiger charge is -2.07. The highest BCUT2D eigenvalue weighted by molar-refractivity contribution is 7.99. The Labute approximate surface area is 187 Å². The lowest BCUT2D eigenvalue weighted by atomic mass is 10.2. The minimum Gasteiger partial charge on any atom is -0.460 e. The Bertz CT molecular complexity index is 820. The number of hydrogen-bond acceptors (Lipinski definition) is 7. The van der Waals surface area contributed by atoms with E-state index in [1.807, 2.05) is 42.5 Å². The lowest BCUT2D eigenvalue weighted by molar-refractivity contribution is -0.140. The molecule has 0 atom stereocenters. The van der Waals surface area contributed by atoms with E-state index in [9.17, 15) is 9.59 Å². The fourth-order valence-electron chi connectivity index (χ4n) is 2.35. The largest absolute Gasteiger partial charge is 0.460 e. The molecule has 0 radical (unpaired) electrons. The van der Waals surface area contributed by atoms with E-state index in [1.54, 1.807) is 30.8 Å². The second-order valence-electron chi connectivity index (χ2n) is 6.58. The molecule has 31 heavy (non-hydrogen) atoms. The number of benzene rings is 2. The molecule has 0 saturated carbocycles. The Morgan fingerprint density at radius 1 is 0.839 bits per heavy atom. The van der Waals surface area contributed by atoms with Gasteiger partial charge in [0.15, 0.2) is 0 Å². The number of ether oxygens (including phenoxy) is 4. The Balaban J connectivity index is 1.51. The molecule has 0 heterocycles. The molecule has 0 spiro atoms. The number of hydrogen-bond donors (Lipinski definition) is 0. The van der Waals surface area contributed by atoms with Gasteiger partial charge in [-0.05, 0) is 36.8 Å². The molecule has 2 aromatic rings. The number of thioether (sulfide) groups is 1. The van der Waals surface area contributed by atoms with Crippen molar-refractivity contribution in [2.75, 3.05) is 38.8 Å². The van der Waals surface area contributed by atoms with Crippen LogP contribution in [0.25, 0.3) is 0 Å². The van der Waals surface area contributed by atoms with Gasteiger partial charge in [0.2, 0.25) is 0 Å². The predicted octanol–water partition coefficient (Wildman–Crippen LogP) is 4.29. The molecule has 2 rings (SSSR count). The molecule has 0 aliphatic carbocycles. The van der Waals surface area contributed by atoms with Crippen molar-refractivity contribution < 1.29 is 28.5 Å². The quantitative estimate of drug-likeness (QED) is 0.186. The SMILES string of the molecule is C=C(C)C(=O)OCCOCCOCCSc1ccc(C(=O)OCc2ccccc2)cc1. The maximum absolute atomic E-state index is 12.1. The number of esters is 2. The molecule has 6 nitrogen and oxygen atoms in total. The van der Waals surface area contributed by atoms with Crippen molar-refractivity contribution >= 4 is 23.7 Å². The minimum absolute atomic E-state index is 0.206. The number of rotatable bonds is 14. The van der Waals surface area contributed by atoms with Gasteiger partial charge in [-0.2, -0.15) is 0 Å². The first-order valence-electron chi connectivity index (χ1n) is 9.98. The topological polar surface area (TPSA) is 71.1 Å². The summed E-state index contributed by atoms with van der Waals surface area (Å²) in [5.74, 6) is 0.0423. The molecular weight excluding hydrogens is 416 g/mol. The van der Waals surface area contributed by atoms with E-state index in [-0.39, 0.29) is 19.2 Å². The van der Waals surface area contributed by atoms with Crippen LogP contribution in [0.5, 0.6) is 0 Å². The van der Waals surface area contributed by atoms with Crippen molar-refractivity contribution in [2.24, 2.45) is 0 Å². The molecule has 0 amide bonds. The summed E-state index contributed by atoms with van der Waals surface area (Å²) < 4.78 is 21.1. The van der Waals surface area contributed by atoms with Crippen LogP contribution in [0.2, 0.25) is 0 Å². The summed E-state index contributed by atoms with van der Waals surface area (Å²) >= 11 is 1.65. The van der Waals surface area contributed by atoms with Gasteiger partial charge >= 0.3 is 11.9 Å². The van der Waals surface area contributed by atoms with Crippen molar-refractivity contribution in [1.29, 1.82) is 0 Å². The minimum atomic E-state index is -0.408. The fraction of sp³-hybridized carbons (Fsp3) is 0.333. The molecular formula is C24H28O6S. The second kappa shape index (κ2) is 14.4. The summed E-state index contributed by atoms with van der Waals surface area (Å²) in [5, 5.41) is 0. The molecule has 166 valence electrons. The monoisotopic (exact) mass is 444 g/mol. The van der Waals surface area contributed by atoms with E-state index in [0.717, 1.165) is 16.2 Å². The molecule has 0 bridgehead atoms. The summed E-state index contributed by atoms with van der Waals surface area (Å²) in [5.41, 5.74) is 1.86. The van der Waals surface area contributed by atoms with E-state index >= 15 is 0 Å². The number of carbonyl (C=O) groups is 2. The standard InChI is InChI=1S/C24H28O6S/c1-19(2)23(25)29-15-14-27-12-13-28-16-17-31-22-10-8-21(9-11-22)24(26)30-18-20-6-4-3-5-7-20/h3-11H,1,12-18H2,2H3. The highest BCUT2D eigenvalue weighted by atomic mass is 32.2. The molecule has 0 aromatic heterocycles. The second-order valence-corrected chi connectivity index (χ2v) is 7.74. The zero-order valence-electron chi connectivity index (χ0n) is 17.7. The van der Waals surface area contributed by atoms with Crippen LogP contribution in [0.15, 0.2) is 71.6 Å². The van der Waals surface area contributed by atoms with Gasteiger partial charge < -0.3 is 18.9 Å². The van der Waals surface area contributed by atoms with E-state index in [1.165, 1.54) is 0 Å². The van der Waals surface area contributed by atoms with E-state index in [0.29, 0.717) is 37.6 Å². The maximum Gasteiger partial charge on any atom is 0.338 e. The zero-order chi connectivity index (χ0) is 22.3. The van der Waals surface area contributed by atoms with E-state index in [4.69, 9.17) is 18.9 Å². The van der Waals surface area contributed by atoms with Crippen LogP contribution in [-0.2, 0) is 30.3 Å². The van der Waals surface area contributed by atoms with Crippen molar-refractivity contribution in [3.8, 4) is 0 Å². The average Bonchev–Trinajstić information content (AvgIpc) is 2.79. The van der Waals surface area contributed by atoms with Crippen molar-refractivity contribution in [3.63, 3.8) is 0 Å². The first-order valence-corrected chi connectivity index (χ1v) is 11.0. The van der Waals surface area contributed by atoms with Crippen LogP contribution < -0.4 is 0 Å². The van der Waals surface area contributed by atoms with Gasteiger partial charge in [-0.25, -0.2) is 9.59 Å². The van der Waals surface area contributed by atoms with E-state index < -0.39 is 5.97 Å². The van der Waals surface area contributed by atoms with Crippen LogP contribution in [-0.4, -0.2) is 50.7 Å². The normalized spacial score (nSPS) is 10.5. The van der Waals surface area contributed by atoms with E-state index in [2.05, 4.69) is 6.58 Å². The molecule has 0 unspecified atom stereocenters. The molecule has 0 N–H and O–H groups in total. The highest BCUT2D eigenvalue weighted by Gasteiger charge is 2.07. The van der Waals surface area contributed by atoms with Gasteiger partial charge in [-0.15, -0.1) is 11.8 Å². The highest BCUT2D eigenvalue weighted by Crippen LogP contribution is 2.18. The molecule has 0 fully saturated rings. The van der Waals surface area contributed by atoms with Crippen LogP contribution >= 0.6 is 11.8 Å². The van der Waals surface area contributed by atoms with Gasteiger partial charge in [-0.1, -0.05) is 36.9 Å². The summed E-state index contributed by atoms with van der Waals surface area (Å²) in [6, 6.07) is 16.9. The van der Waals surface area contributed by atoms with Crippen LogP contribution in [0, 0.1) is 0 Å². The third-order valence-electron chi connectivity index (χ3n) is 3.98. The summed E-state index contributed by atoms with van der Waals surface area (Å²) in [6.45, 7) is 7.40. The third kappa shape index (κ3) is 10.3. The summed E-state index contributed by atoms with van der Waals surface area (Å²) in [4.78, 5) is 24.4. The first-order chi connectivity index (χ1) is 15.1. The Hall–Kier alpha value is -2.61. The van der Waals surface area contributed by atoms with Crippen molar-refractivity contribution in [2.45, 2.75) is 18.4 Å². The van der Waals surface area contributed by atoms with Crippen LogP contribution in [0.1, 0.15) is 22.8 Å². The molecule has 0 saturated heterocycles. The smallest absolute Gasteiger partial charge is 0.338 e. The van der Waals surface area contributed by atoms with Crippen molar-refractivity contribution in [3.05, 3.63) is 77.9 Å².